The van der Waals surface area contributed by atoms with Crippen LogP contribution in [-0.4, -0.2) is 54.2 Å². The van der Waals surface area contributed by atoms with Gasteiger partial charge in [0.1, 0.15) is 5.75 Å². The molecule has 176 valence electrons. The summed E-state index contributed by atoms with van der Waals surface area (Å²) in [5, 5.41) is 11.4. The van der Waals surface area contributed by atoms with Crippen molar-refractivity contribution in [2.45, 2.75) is 50.6 Å². The summed E-state index contributed by atoms with van der Waals surface area (Å²) in [5.41, 5.74) is 1.77. The summed E-state index contributed by atoms with van der Waals surface area (Å²) >= 11 is 0. The minimum atomic E-state index is -4.04. The lowest BCUT2D eigenvalue weighted by Gasteiger charge is -2.37. The van der Waals surface area contributed by atoms with Crippen LogP contribution in [0.4, 0.5) is 5.69 Å². The molecule has 0 unspecified atom stereocenters. The summed E-state index contributed by atoms with van der Waals surface area (Å²) in [7, 11) is -4.04. The van der Waals surface area contributed by atoms with Crippen LogP contribution in [0.15, 0.2) is 41.3 Å². The van der Waals surface area contributed by atoms with E-state index in [4.69, 9.17) is 4.74 Å². The average Bonchev–Trinajstić information content (AvgIpc) is 3.25. The van der Waals surface area contributed by atoms with Crippen LogP contribution in [0.1, 0.15) is 36.5 Å². The molecule has 0 atom stereocenters. The lowest BCUT2D eigenvalue weighted by Crippen LogP contribution is -2.48. The van der Waals surface area contributed by atoms with Crippen molar-refractivity contribution >= 4 is 21.6 Å². The van der Waals surface area contributed by atoms with Crippen LogP contribution in [0, 0.1) is 17.0 Å². The molecule has 10 heteroatoms. The fourth-order valence-electron chi connectivity index (χ4n) is 4.60. The Labute approximate surface area is 193 Å². The van der Waals surface area contributed by atoms with Gasteiger partial charge in [-0.2, -0.15) is 4.31 Å². The Balaban J connectivity index is 1.71. The number of rotatable bonds is 6. The molecule has 0 aromatic heterocycles. The normalized spacial score (nSPS) is 16.5. The van der Waals surface area contributed by atoms with Gasteiger partial charge in [0, 0.05) is 50.7 Å². The van der Waals surface area contributed by atoms with E-state index in [1.54, 1.807) is 4.90 Å². The zero-order chi connectivity index (χ0) is 23.8. The van der Waals surface area contributed by atoms with Gasteiger partial charge in [-0.15, -0.1) is 0 Å². The van der Waals surface area contributed by atoms with Crippen molar-refractivity contribution in [3.63, 3.8) is 0 Å². The zero-order valence-electron chi connectivity index (χ0n) is 18.7. The quantitative estimate of drug-likeness (QED) is 0.471. The van der Waals surface area contributed by atoms with E-state index in [1.165, 1.54) is 36.4 Å². The Bertz CT molecular complexity index is 1190. The first kappa shape index (κ1) is 23.2. The minimum absolute atomic E-state index is 0.0315. The summed E-state index contributed by atoms with van der Waals surface area (Å²) in [6, 6.07) is 9.50. The number of benzene rings is 2. The smallest absolute Gasteiger partial charge is 0.273 e. The SMILES string of the molecule is CC(=O)N1CCC(N(Cc2ccc3c(c2)CCO3)S(=O)(=O)c2cccc([N+](=O)[O-])c2C)CC1. The van der Waals surface area contributed by atoms with Crippen LogP contribution in [0.3, 0.4) is 0 Å². The van der Waals surface area contributed by atoms with Crippen LogP contribution in [-0.2, 0) is 27.8 Å². The number of amides is 1. The molecule has 0 aliphatic carbocycles. The van der Waals surface area contributed by atoms with E-state index in [9.17, 15) is 23.3 Å². The van der Waals surface area contributed by atoms with Gasteiger partial charge in [-0.05, 0) is 43.0 Å². The van der Waals surface area contributed by atoms with Crippen LogP contribution >= 0.6 is 0 Å². The summed E-state index contributed by atoms with van der Waals surface area (Å²) in [6.45, 7) is 4.66. The lowest BCUT2D eigenvalue weighted by molar-refractivity contribution is -0.385. The first-order chi connectivity index (χ1) is 15.7. The van der Waals surface area contributed by atoms with E-state index in [1.807, 2.05) is 18.2 Å². The average molecular weight is 474 g/mol. The molecule has 2 aliphatic heterocycles. The molecule has 2 aromatic carbocycles. The van der Waals surface area contributed by atoms with Crippen molar-refractivity contribution in [2.24, 2.45) is 0 Å². The summed E-state index contributed by atoms with van der Waals surface area (Å²) in [6.07, 6.45) is 1.78. The minimum Gasteiger partial charge on any atom is -0.493 e. The van der Waals surface area contributed by atoms with Gasteiger partial charge in [-0.25, -0.2) is 8.42 Å². The number of fused-ring (bicyclic) bond motifs is 1. The summed E-state index contributed by atoms with van der Waals surface area (Å²) < 4.78 is 34.8. The van der Waals surface area contributed by atoms with Crippen molar-refractivity contribution < 1.29 is 22.9 Å². The highest BCUT2D eigenvalue weighted by atomic mass is 32.2. The third-order valence-corrected chi connectivity index (χ3v) is 8.49. The highest BCUT2D eigenvalue weighted by Crippen LogP contribution is 2.33. The number of hydrogen-bond acceptors (Lipinski definition) is 6. The molecule has 0 spiro atoms. The topological polar surface area (TPSA) is 110 Å². The molecule has 2 aliphatic rings. The predicted octanol–water partition coefficient (Wildman–Crippen LogP) is 3.04. The van der Waals surface area contributed by atoms with Gasteiger partial charge >= 0.3 is 0 Å². The molecule has 1 fully saturated rings. The number of nitrogens with zero attached hydrogens (tertiary/aromatic N) is 3. The molecule has 0 N–H and O–H groups in total. The van der Waals surface area contributed by atoms with Crippen LogP contribution in [0.2, 0.25) is 0 Å². The van der Waals surface area contributed by atoms with Crippen LogP contribution < -0.4 is 4.74 Å². The molecule has 0 radical (unpaired) electrons. The molecule has 1 amide bonds. The monoisotopic (exact) mass is 473 g/mol. The molecule has 1 saturated heterocycles. The number of carbonyl (C=O) groups excluding carboxylic acids is 1. The fraction of sp³-hybridized carbons (Fsp3) is 0.435. The first-order valence-corrected chi connectivity index (χ1v) is 12.4. The largest absolute Gasteiger partial charge is 0.493 e. The molecular formula is C23H27N3O6S. The van der Waals surface area contributed by atoms with Gasteiger partial charge in [0.15, 0.2) is 0 Å². The summed E-state index contributed by atoms with van der Waals surface area (Å²) in [5.74, 6) is 0.786. The molecule has 0 saturated carbocycles. The molecule has 4 rings (SSSR count). The van der Waals surface area contributed by atoms with Crippen molar-refractivity contribution in [2.75, 3.05) is 19.7 Å². The van der Waals surface area contributed by atoms with Gasteiger partial charge in [0.2, 0.25) is 15.9 Å². The highest BCUT2D eigenvalue weighted by Gasteiger charge is 2.36. The Kier molecular flexibility index (Phi) is 6.40. The summed E-state index contributed by atoms with van der Waals surface area (Å²) in [4.78, 5) is 24.3. The molecular weight excluding hydrogens is 446 g/mol. The maximum absolute atomic E-state index is 13.9. The third kappa shape index (κ3) is 4.58. The van der Waals surface area contributed by atoms with Crippen molar-refractivity contribution in [1.29, 1.82) is 0 Å². The Morgan fingerprint density at radius 1 is 1.24 bits per heavy atom. The van der Waals surface area contributed by atoms with E-state index < -0.39 is 14.9 Å². The molecule has 2 heterocycles. The van der Waals surface area contributed by atoms with Gasteiger partial charge in [-0.1, -0.05) is 18.2 Å². The number of nitro benzene ring substituents is 1. The Hall–Kier alpha value is -2.98. The number of carbonyl (C=O) groups is 1. The number of nitro groups is 1. The van der Waals surface area contributed by atoms with E-state index in [0.717, 1.165) is 23.3 Å². The van der Waals surface area contributed by atoms with Crippen molar-refractivity contribution in [3.8, 4) is 5.75 Å². The van der Waals surface area contributed by atoms with E-state index in [0.29, 0.717) is 32.5 Å². The second kappa shape index (κ2) is 9.11. The fourth-order valence-corrected chi connectivity index (χ4v) is 6.52. The van der Waals surface area contributed by atoms with Crippen LogP contribution in [0.25, 0.3) is 0 Å². The molecule has 9 nitrogen and oxygen atoms in total. The lowest BCUT2D eigenvalue weighted by atomic mass is 10.0. The highest BCUT2D eigenvalue weighted by molar-refractivity contribution is 7.89. The first-order valence-electron chi connectivity index (χ1n) is 10.9. The third-order valence-electron chi connectivity index (χ3n) is 6.45. The number of sulfonamides is 1. The number of hydrogen-bond donors (Lipinski definition) is 0. The number of likely N-dealkylation sites (tertiary alicyclic amines) is 1. The number of piperidine rings is 1. The van der Waals surface area contributed by atoms with Gasteiger partial charge in [0.25, 0.3) is 5.69 Å². The number of ether oxygens (including phenoxy) is 1. The maximum atomic E-state index is 13.9. The second-order valence-corrected chi connectivity index (χ2v) is 10.3. The Morgan fingerprint density at radius 3 is 2.64 bits per heavy atom. The van der Waals surface area contributed by atoms with Gasteiger partial charge < -0.3 is 9.64 Å². The Morgan fingerprint density at radius 2 is 1.97 bits per heavy atom. The van der Waals surface area contributed by atoms with Gasteiger partial charge in [0.05, 0.1) is 16.4 Å². The standard InChI is InChI=1S/C23H27N3O6S/c1-16-21(26(28)29)4-3-5-23(16)33(30,31)25(20-8-11-24(12-9-20)17(2)27)15-18-6-7-22-19(14-18)10-13-32-22/h3-7,14,20H,8-13,15H2,1-2H3. The van der Waals surface area contributed by atoms with Gasteiger partial charge in [-0.3, -0.25) is 14.9 Å². The van der Waals surface area contributed by atoms with Crippen LogP contribution in [0.5, 0.6) is 5.75 Å². The maximum Gasteiger partial charge on any atom is 0.273 e. The van der Waals surface area contributed by atoms with E-state index in [2.05, 4.69) is 0 Å². The van der Waals surface area contributed by atoms with Crippen molar-refractivity contribution in [3.05, 3.63) is 63.2 Å². The zero-order valence-corrected chi connectivity index (χ0v) is 19.5. The predicted molar refractivity (Wildman–Crippen MR) is 121 cm³/mol. The molecule has 0 bridgehead atoms. The molecule has 33 heavy (non-hydrogen) atoms. The second-order valence-electron chi connectivity index (χ2n) is 8.49. The van der Waals surface area contributed by atoms with E-state index >= 15 is 0 Å². The molecule has 2 aromatic rings. The van der Waals surface area contributed by atoms with Crippen molar-refractivity contribution in [1.82, 2.24) is 9.21 Å². The van der Waals surface area contributed by atoms with E-state index in [-0.39, 0.29) is 34.6 Å².